The van der Waals surface area contributed by atoms with E-state index in [1.54, 1.807) is 0 Å². The number of carbonyl (C=O) groups is 2. The van der Waals surface area contributed by atoms with Gasteiger partial charge in [-0.15, -0.1) is 13.2 Å². The van der Waals surface area contributed by atoms with Gasteiger partial charge in [0.1, 0.15) is 12.5 Å². The van der Waals surface area contributed by atoms with Gasteiger partial charge in [-0.25, -0.2) is 9.59 Å². The minimum atomic E-state index is -0.833. The Balaban J connectivity index is -0.0000000492. The van der Waals surface area contributed by atoms with Crippen LogP contribution in [0.1, 0.15) is 0 Å². The summed E-state index contributed by atoms with van der Waals surface area (Å²) in [6.45, 7) is 6.00. The maximum absolute atomic E-state index is 9.00. The van der Waals surface area contributed by atoms with E-state index in [1.807, 2.05) is 0 Å². The Kier molecular flexibility index (Phi) is 50.2. The summed E-state index contributed by atoms with van der Waals surface area (Å²) in [6.07, 6.45) is 1.11. The lowest BCUT2D eigenvalue weighted by Crippen LogP contribution is -2.18. The number of carbonyl (C=O) groups excluding carboxylic acids is 2. The van der Waals surface area contributed by atoms with Crippen LogP contribution in [-0.4, -0.2) is 22.3 Å². The number of nitrogens with two attached hydrogens (primary N) is 4. The largest absolute Gasteiger partial charge is 0.512 e. The van der Waals surface area contributed by atoms with Crippen molar-refractivity contribution in [1.29, 1.82) is 0 Å². The number of aliphatic hydroxyl groups is 2. The molecule has 8 nitrogen and oxygen atoms in total. The van der Waals surface area contributed by atoms with Gasteiger partial charge in [0.25, 0.3) is 0 Å². The van der Waals surface area contributed by atoms with E-state index in [9.17, 15) is 0 Å². The van der Waals surface area contributed by atoms with Crippen molar-refractivity contribution in [1.82, 2.24) is 0 Å². The van der Waals surface area contributed by atoms with E-state index < -0.39 is 12.1 Å². The average Bonchev–Trinajstić information content (AvgIpc) is 2.05. The van der Waals surface area contributed by atoms with Crippen LogP contribution in [0.2, 0.25) is 0 Å². The highest BCUT2D eigenvalue weighted by atomic mass is 16.3. The van der Waals surface area contributed by atoms with E-state index in [1.165, 1.54) is 0 Å². The fraction of sp³-hybridized carbons (Fsp3) is 0. The van der Waals surface area contributed by atoms with Gasteiger partial charge in [0, 0.05) is 0 Å². The lowest BCUT2D eigenvalue weighted by atomic mass is 11.1. The van der Waals surface area contributed by atoms with Gasteiger partial charge in [0.2, 0.25) is 0 Å². The molecule has 0 saturated carbocycles. The minimum Gasteiger partial charge on any atom is -0.512 e. The molecule has 0 spiro atoms. The molecule has 10 N–H and O–H groups in total. The molecule has 0 rings (SSSR count). The van der Waals surface area contributed by atoms with Crippen LogP contribution in [-0.2, 0) is 0 Å². The molecule has 0 radical (unpaired) electrons. The maximum atomic E-state index is 9.00. The van der Waals surface area contributed by atoms with Crippen LogP contribution in [0.4, 0.5) is 9.59 Å². The van der Waals surface area contributed by atoms with Crippen LogP contribution in [0.25, 0.3) is 0 Å². The Labute approximate surface area is 81.5 Å². The molecule has 0 heterocycles. The predicted octanol–water partition coefficient (Wildman–Crippen LogP) is -0.577. The van der Waals surface area contributed by atoms with Crippen LogP contribution in [0.15, 0.2) is 25.7 Å². The van der Waals surface area contributed by atoms with E-state index >= 15 is 0 Å². The van der Waals surface area contributed by atoms with Crippen LogP contribution < -0.4 is 22.9 Å². The Morgan fingerprint density at radius 1 is 0.857 bits per heavy atom. The third-order valence-electron chi connectivity index (χ3n) is 0.0667. The van der Waals surface area contributed by atoms with Crippen molar-refractivity contribution in [2.24, 2.45) is 22.9 Å². The molecule has 0 aliphatic carbocycles. The van der Waals surface area contributed by atoms with Gasteiger partial charge in [-0.3, -0.25) is 0 Å². The van der Waals surface area contributed by atoms with Gasteiger partial charge in [-0.05, 0) is 0 Å². The molecule has 84 valence electrons. The number of amides is 4. The van der Waals surface area contributed by atoms with Crippen LogP contribution in [0, 0.1) is 0 Å². The van der Waals surface area contributed by atoms with Crippen LogP contribution in [0.3, 0.4) is 0 Å². The summed E-state index contributed by atoms with van der Waals surface area (Å²) >= 11 is 0. The minimum absolute atomic E-state index is 0.556. The van der Waals surface area contributed by atoms with E-state index in [2.05, 4.69) is 36.1 Å². The lowest BCUT2D eigenvalue weighted by Gasteiger charge is -1.62. The SMILES string of the molecule is C=C.NC(N)=O.NC(N)=O.OC=CO. The van der Waals surface area contributed by atoms with Gasteiger partial charge in [0.15, 0.2) is 0 Å². The van der Waals surface area contributed by atoms with Crippen LogP contribution in [0.5, 0.6) is 0 Å². The number of hydrogen-bond donors (Lipinski definition) is 6. The zero-order chi connectivity index (χ0) is 12.6. The van der Waals surface area contributed by atoms with E-state index in [-0.39, 0.29) is 0 Å². The first kappa shape index (κ1) is 22.6. The van der Waals surface area contributed by atoms with E-state index in [4.69, 9.17) is 19.8 Å². The lowest BCUT2D eigenvalue weighted by molar-refractivity contribution is 0.255. The van der Waals surface area contributed by atoms with Crippen LogP contribution >= 0.6 is 0 Å². The average molecular weight is 208 g/mol. The van der Waals surface area contributed by atoms with Crippen molar-refractivity contribution in [3.63, 3.8) is 0 Å². The standard InChI is InChI=1S/C2H4O2.C2H4.2CH4N2O/c3-1-2-4;1-2;2*2-1(3)4/h1-4H;1-2H2;2*(H4,2,3,4). The van der Waals surface area contributed by atoms with Crippen molar-refractivity contribution < 1.29 is 19.8 Å². The summed E-state index contributed by atoms with van der Waals surface area (Å²) in [5, 5.41) is 14.9. The smallest absolute Gasteiger partial charge is 0.309 e. The quantitative estimate of drug-likeness (QED) is 0.230. The third-order valence-corrected chi connectivity index (χ3v) is 0.0667. The van der Waals surface area contributed by atoms with Gasteiger partial charge in [-0.2, -0.15) is 0 Å². The fourth-order valence-electron chi connectivity index (χ4n) is 0. The normalized spacial score (nSPS) is 6.29. The number of aliphatic hydroxyl groups excluding tert-OH is 2. The highest BCUT2D eigenvalue weighted by molar-refractivity contribution is 5.69. The zero-order valence-electron chi connectivity index (χ0n) is 7.59. The van der Waals surface area contributed by atoms with Crippen molar-refractivity contribution in [2.45, 2.75) is 0 Å². The summed E-state index contributed by atoms with van der Waals surface area (Å²) in [4.78, 5) is 18.0. The predicted molar refractivity (Wildman–Crippen MR) is 53.2 cm³/mol. The molecule has 0 aromatic rings. The van der Waals surface area contributed by atoms with Gasteiger partial charge in [0.05, 0.1) is 0 Å². The first-order chi connectivity index (χ1) is 6.38. The third kappa shape index (κ3) is 375. The molecule has 0 bridgehead atoms. The highest BCUT2D eigenvalue weighted by Crippen LogP contribution is 1.44. The summed E-state index contributed by atoms with van der Waals surface area (Å²) < 4.78 is 0. The summed E-state index contributed by atoms with van der Waals surface area (Å²) in [5.41, 5.74) is 17.0. The molecule has 0 saturated heterocycles. The van der Waals surface area contributed by atoms with Crippen molar-refractivity contribution in [2.75, 3.05) is 0 Å². The molecular formula is C6H16N4O4. The molecule has 0 aromatic heterocycles. The first-order valence-electron chi connectivity index (χ1n) is 2.91. The maximum Gasteiger partial charge on any atom is 0.309 e. The Bertz CT molecular complexity index is 136. The number of hydrogen-bond acceptors (Lipinski definition) is 4. The number of primary amides is 4. The molecule has 0 aliphatic heterocycles. The Hall–Kier alpha value is -2.38. The zero-order valence-corrected chi connectivity index (χ0v) is 7.59. The fourth-order valence-corrected chi connectivity index (χ4v) is 0. The number of urea groups is 2. The topological polar surface area (TPSA) is 179 Å². The molecule has 4 amide bonds. The Morgan fingerprint density at radius 3 is 0.929 bits per heavy atom. The summed E-state index contributed by atoms with van der Waals surface area (Å²) in [7, 11) is 0. The second-order valence-corrected chi connectivity index (χ2v) is 1.10. The van der Waals surface area contributed by atoms with Crippen molar-refractivity contribution in [3.8, 4) is 0 Å². The second-order valence-electron chi connectivity index (χ2n) is 1.10. The molecule has 14 heavy (non-hydrogen) atoms. The first-order valence-corrected chi connectivity index (χ1v) is 2.91. The molecular weight excluding hydrogens is 192 g/mol. The summed E-state index contributed by atoms with van der Waals surface area (Å²) in [6, 6.07) is -1.67. The van der Waals surface area contributed by atoms with Gasteiger partial charge >= 0.3 is 12.1 Å². The molecule has 0 fully saturated rings. The molecule has 0 atom stereocenters. The van der Waals surface area contributed by atoms with Crippen molar-refractivity contribution in [3.05, 3.63) is 25.7 Å². The monoisotopic (exact) mass is 208 g/mol. The molecule has 0 unspecified atom stereocenters. The molecule has 0 aliphatic rings. The number of rotatable bonds is 0. The van der Waals surface area contributed by atoms with E-state index in [0.29, 0.717) is 12.5 Å². The summed E-state index contributed by atoms with van der Waals surface area (Å²) in [5.74, 6) is 0. The highest BCUT2D eigenvalue weighted by Gasteiger charge is 1.61. The van der Waals surface area contributed by atoms with Gasteiger partial charge < -0.3 is 33.1 Å². The molecule has 8 heteroatoms. The second kappa shape index (κ2) is 31.1. The molecule has 0 aromatic carbocycles. The van der Waals surface area contributed by atoms with Gasteiger partial charge in [-0.1, -0.05) is 0 Å². The Morgan fingerprint density at radius 2 is 0.929 bits per heavy atom. The van der Waals surface area contributed by atoms with E-state index in [0.717, 1.165) is 0 Å². The van der Waals surface area contributed by atoms with Crippen molar-refractivity contribution >= 4 is 12.1 Å².